The normalized spacial score (nSPS) is 17.2. The lowest BCUT2D eigenvalue weighted by atomic mass is 9.93. The summed E-state index contributed by atoms with van der Waals surface area (Å²) in [6, 6.07) is 7.73. The summed E-state index contributed by atoms with van der Waals surface area (Å²) in [5.74, 6) is 0.580. The Morgan fingerprint density at radius 1 is 1.19 bits per heavy atom. The molecule has 0 aliphatic heterocycles. The van der Waals surface area contributed by atoms with Gasteiger partial charge in [0.15, 0.2) is 0 Å². The number of likely N-dealkylation sites (N-methyl/N-ethyl adjacent to an activating group) is 1. The Morgan fingerprint density at radius 2 is 1.83 bits per heavy atom. The molecule has 1 aromatic carbocycles. The number of aromatic nitrogens is 1. The van der Waals surface area contributed by atoms with E-state index >= 15 is 0 Å². The van der Waals surface area contributed by atoms with Crippen molar-refractivity contribution in [1.29, 1.82) is 0 Å². The number of nitrogens with one attached hydrogen (secondary N) is 1. The van der Waals surface area contributed by atoms with Gasteiger partial charge in [0.2, 0.25) is 5.91 Å². The smallest absolute Gasteiger partial charge is 0.410 e. The van der Waals surface area contributed by atoms with E-state index in [9.17, 15) is 9.59 Å². The van der Waals surface area contributed by atoms with Gasteiger partial charge in [-0.05, 0) is 78.5 Å². The number of hydrogen-bond acceptors (Lipinski definition) is 8. The van der Waals surface area contributed by atoms with Crippen molar-refractivity contribution in [3.05, 3.63) is 30.0 Å². The highest BCUT2D eigenvalue weighted by Gasteiger charge is 2.27. The average molecular weight is 501 g/mol. The van der Waals surface area contributed by atoms with E-state index < -0.39 is 11.7 Å². The first kappa shape index (κ1) is 28.6. The van der Waals surface area contributed by atoms with Crippen LogP contribution in [0.2, 0.25) is 0 Å². The van der Waals surface area contributed by atoms with Gasteiger partial charge in [-0.15, -0.1) is 0 Å². The maximum Gasteiger partial charge on any atom is 0.410 e. The fourth-order valence-electron chi connectivity index (χ4n) is 4.10. The number of fused-ring (bicyclic) bond motifs is 1. The fraction of sp³-hybridized carbons (Fsp3) is 0.538. The Hall–Kier alpha value is -3.65. The van der Waals surface area contributed by atoms with Crippen LogP contribution in [0.4, 0.5) is 10.5 Å². The molecule has 1 fully saturated rings. The second kappa shape index (κ2) is 12.9. The maximum absolute atomic E-state index is 12.5. The Bertz CT molecular complexity index is 1080. The lowest BCUT2D eigenvalue weighted by molar-refractivity contribution is -0.191. The van der Waals surface area contributed by atoms with Crippen molar-refractivity contribution >= 4 is 34.7 Å². The van der Waals surface area contributed by atoms with Gasteiger partial charge in [0, 0.05) is 24.0 Å². The third kappa shape index (κ3) is 8.53. The van der Waals surface area contributed by atoms with E-state index in [2.05, 4.69) is 10.3 Å². The van der Waals surface area contributed by atoms with Gasteiger partial charge in [-0.25, -0.2) is 4.79 Å². The molecule has 0 radical (unpaired) electrons. The third-order valence-electron chi connectivity index (χ3n) is 5.65. The Morgan fingerprint density at radius 3 is 2.42 bits per heavy atom. The van der Waals surface area contributed by atoms with Gasteiger partial charge >= 0.3 is 12.2 Å². The van der Waals surface area contributed by atoms with E-state index in [-0.39, 0.29) is 30.7 Å². The van der Waals surface area contributed by atoms with Gasteiger partial charge in [-0.3, -0.25) is 14.7 Å². The van der Waals surface area contributed by atoms with E-state index in [1.165, 1.54) is 4.90 Å². The van der Waals surface area contributed by atoms with E-state index in [1.54, 1.807) is 0 Å². The Balaban J connectivity index is 0.00000145. The minimum Gasteiger partial charge on any atom is -0.490 e. The minimum atomic E-state index is -0.594. The first-order valence-corrected chi connectivity index (χ1v) is 12.1. The van der Waals surface area contributed by atoms with Crippen molar-refractivity contribution < 1.29 is 28.7 Å². The lowest BCUT2D eigenvalue weighted by Gasteiger charge is -2.31. The molecule has 2 amide bonds. The van der Waals surface area contributed by atoms with Crippen molar-refractivity contribution in [3.63, 3.8) is 0 Å². The van der Waals surface area contributed by atoms with Crippen molar-refractivity contribution in [2.75, 3.05) is 18.8 Å². The molecule has 10 nitrogen and oxygen atoms in total. The van der Waals surface area contributed by atoms with Gasteiger partial charge in [0.05, 0.1) is 17.0 Å². The van der Waals surface area contributed by atoms with Crippen molar-refractivity contribution in [2.45, 2.75) is 78.0 Å². The summed E-state index contributed by atoms with van der Waals surface area (Å²) >= 11 is 0. The zero-order valence-corrected chi connectivity index (χ0v) is 21.6. The third-order valence-corrected chi connectivity index (χ3v) is 5.65. The van der Waals surface area contributed by atoms with Gasteiger partial charge in [0.1, 0.15) is 17.9 Å². The number of hydrogen-bond donors (Lipinski definition) is 2. The summed E-state index contributed by atoms with van der Waals surface area (Å²) in [5.41, 5.74) is 8.02. The lowest BCUT2D eigenvalue weighted by Crippen LogP contribution is -2.46. The molecule has 1 aliphatic carbocycles. The number of pyridine rings is 1. The zero-order chi connectivity index (χ0) is 26.9. The van der Waals surface area contributed by atoms with E-state index in [1.807, 2.05) is 58.9 Å². The molecule has 3 N–H and O–H groups in total. The summed E-state index contributed by atoms with van der Waals surface area (Å²) in [7, 11) is 0. The van der Waals surface area contributed by atoms with Crippen molar-refractivity contribution in [3.8, 4) is 5.75 Å². The second-order valence-electron chi connectivity index (χ2n) is 9.74. The largest absolute Gasteiger partial charge is 0.490 e. The summed E-state index contributed by atoms with van der Waals surface area (Å²) < 4.78 is 11.7. The van der Waals surface area contributed by atoms with Gasteiger partial charge in [-0.1, -0.05) is 6.07 Å². The summed E-state index contributed by atoms with van der Waals surface area (Å²) in [5, 5.41) is 3.90. The average Bonchev–Trinajstić information content (AvgIpc) is 2.78. The van der Waals surface area contributed by atoms with Gasteiger partial charge in [0.25, 0.3) is 0 Å². The van der Waals surface area contributed by atoms with Crippen LogP contribution in [0.15, 0.2) is 24.3 Å². The predicted octanol–water partition coefficient (Wildman–Crippen LogP) is 3.61. The summed E-state index contributed by atoms with van der Waals surface area (Å²) in [6.45, 7) is 9.58. The van der Waals surface area contributed by atoms with Crippen LogP contribution in [-0.4, -0.2) is 58.9 Å². The molecule has 1 heterocycles. The maximum atomic E-state index is 12.5. The highest BCUT2D eigenvalue weighted by atomic mass is 16.6. The van der Waals surface area contributed by atoms with Crippen molar-refractivity contribution in [1.82, 2.24) is 15.2 Å². The SMILES string of the molecule is CCN(CC(=O)NC1CCC(Oc2cccc3nc(C)cc(N)c23)CC1)C(=O)OC(C)(C)C.O=C=O. The van der Waals surface area contributed by atoms with E-state index in [0.29, 0.717) is 12.2 Å². The fourth-order valence-corrected chi connectivity index (χ4v) is 4.10. The number of nitrogens with zero attached hydrogens (tertiary/aromatic N) is 2. The molecular weight excluding hydrogens is 464 g/mol. The molecule has 2 aromatic rings. The molecular formula is C26H36N4O6. The molecule has 10 heteroatoms. The zero-order valence-electron chi connectivity index (χ0n) is 21.6. The number of rotatable bonds is 6. The molecule has 3 rings (SSSR count). The topological polar surface area (TPSA) is 141 Å². The number of anilines is 1. The van der Waals surface area contributed by atoms with Crippen LogP contribution in [0.25, 0.3) is 10.9 Å². The van der Waals surface area contributed by atoms with Crippen LogP contribution in [0.1, 0.15) is 59.1 Å². The van der Waals surface area contributed by atoms with E-state index in [0.717, 1.165) is 48.0 Å². The Kier molecular flexibility index (Phi) is 10.2. The monoisotopic (exact) mass is 500 g/mol. The number of nitrogens with two attached hydrogens (primary N) is 1. The minimum absolute atomic E-state index is 0.0104. The standard InChI is InChI=1S/C25H36N4O4.CO2/c1-6-29(24(31)33-25(3,4)5)15-22(30)28-17-10-12-18(13-11-17)32-21-9-7-8-20-23(21)19(26)14-16(2)27-20;2-1-3/h7-9,14,17-18H,6,10-13,15H2,1-5H3,(H2,26,27)(H,28,30);. The molecule has 196 valence electrons. The summed E-state index contributed by atoms with van der Waals surface area (Å²) in [4.78, 5) is 47.0. The molecule has 36 heavy (non-hydrogen) atoms. The number of nitrogen functional groups attached to an aromatic ring is 1. The van der Waals surface area contributed by atoms with Crippen LogP contribution in [-0.2, 0) is 19.1 Å². The molecule has 0 bridgehead atoms. The predicted molar refractivity (Wildman–Crippen MR) is 134 cm³/mol. The van der Waals surface area contributed by atoms with Crippen LogP contribution in [0, 0.1) is 6.92 Å². The van der Waals surface area contributed by atoms with Crippen LogP contribution >= 0.6 is 0 Å². The van der Waals surface area contributed by atoms with Crippen LogP contribution < -0.4 is 15.8 Å². The highest BCUT2D eigenvalue weighted by Crippen LogP contribution is 2.33. The first-order chi connectivity index (χ1) is 17.0. The molecule has 0 atom stereocenters. The number of carbonyl (C=O) groups is 2. The Labute approximate surface area is 211 Å². The molecule has 1 aliphatic rings. The number of aryl methyl sites for hydroxylation is 1. The number of benzene rings is 1. The highest BCUT2D eigenvalue weighted by molar-refractivity contribution is 5.95. The molecule has 0 saturated heterocycles. The number of ether oxygens (including phenoxy) is 2. The molecule has 0 unspecified atom stereocenters. The number of amides is 2. The van der Waals surface area contributed by atoms with E-state index in [4.69, 9.17) is 24.8 Å². The molecule has 1 saturated carbocycles. The van der Waals surface area contributed by atoms with Crippen LogP contribution in [0.5, 0.6) is 5.75 Å². The molecule has 1 aromatic heterocycles. The number of carbonyl (C=O) groups excluding carboxylic acids is 4. The van der Waals surface area contributed by atoms with Crippen LogP contribution in [0.3, 0.4) is 0 Å². The first-order valence-electron chi connectivity index (χ1n) is 12.1. The summed E-state index contributed by atoms with van der Waals surface area (Å²) in [6.07, 6.45) is 3.10. The van der Waals surface area contributed by atoms with Crippen molar-refractivity contribution in [2.24, 2.45) is 0 Å². The second-order valence-corrected chi connectivity index (χ2v) is 9.74. The van der Waals surface area contributed by atoms with Gasteiger partial charge < -0.3 is 20.5 Å². The van der Waals surface area contributed by atoms with Gasteiger partial charge in [-0.2, -0.15) is 9.59 Å². The molecule has 0 spiro atoms. The quantitative estimate of drug-likeness (QED) is 0.613.